The second-order valence-electron chi connectivity index (χ2n) is 5.63. The number of carbonyl (C=O) groups is 1. The topological polar surface area (TPSA) is 59.2 Å². The molecule has 1 saturated heterocycles. The zero-order valence-corrected chi connectivity index (χ0v) is 12.5. The summed E-state index contributed by atoms with van der Waals surface area (Å²) in [6, 6.07) is 9.27. The number of hydrogen-bond acceptors (Lipinski definition) is 5. The van der Waals surface area contributed by atoms with Crippen molar-refractivity contribution < 1.29 is 18.1 Å². The van der Waals surface area contributed by atoms with Gasteiger partial charge < -0.3 is 4.52 Å². The molecular formula is C16H17F2N3O2. The third kappa shape index (κ3) is 3.79. The number of rotatable bonds is 5. The number of likely N-dealkylation sites (tertiary alicyclic amines) is 1. The Kier molecular flexibility index (Phi) is 4.76. The first-order valence-electron chi connectivity index (χ1n) is 7.55. The Morgan fingerprint density at radius 1 is 1.26 bits per heavy atom. The summed E-state index contributed by atoms with van der Waals surface area (Å²) in [5.74, 6) is -0.210. The van der Waals surface area contributed by atoms with Crippen molar-refractivity contribution in [3.8, 4) is 0 Å². The lowest BCUT2D eigenvalue weighted by molar-refractivity contribution is 0.0825. The van der Waals surface area contributed by atoms with E-state index in [-0.39, 0.29) is 17.6 Å². The second kappa shape index (κ2) is 6.95. The van der Waals surface area contributed by atoms with E-state index in [1.165, 1.54) is 0 Å². The fourth-order valence-electron chi connectivity index (χ4n) is 2.80. The van der Waals surface area contributed by atoms with Crippen molar-refractivity contribution >= 4 is 5.78 Å². The number of piperidine rings is 1. The molecule has 1 aromatic heterocycles. The van der Waals surface area contributed by atoms with Gasteiger partial charge in [-0.25, -0.2) is 8.78 Å². The normalized spacial score (nSPS) is 16.8. The predicted octanol–water partition coefficient (Wildman–Crippen LogP) is 3.10. The van der Waals surface area contributed by atoms with E-state index in [0.29, 0.717) is 19.6 Å². The maximum atomic E-state index is 12.4. The molecule has 0 atom stereocenters. The minimum absolute atomic E-state index is 0.00737. The van der Waals surface area contributed by atoms with Crippen LogP contribution in [0.4, 0.5) is 8.78 Å². The van der Waals surface area contributed by atoms with Crippen LogP contribution in [0.25, 0.3) is 0 Å². The molecule has 0 spiro atoms. The number of benzene rings is 1. The molecule has 0 aliphatic carbocycles. The van der Waals surface area contributed by atoms with E-state index >= 15 is 0 Å². The van der Waals surface area contributed by atoms with Crippen LogP contribution < -0.4 is 0 Å². The van der Waals surface area contributed by atoms with E-state index in [4.69, 9.17) is 4.52 Å². The van der Waals surface area contributed by atoms with Gasteiger partial charge in [0, 0.05) is 11.5 Å². The van der Waals surface area contributed by atoms with Gasteiger partial charge in [-0.3, -0.25) is 9.69 Å². The average molecular weight is 321 g/mol. The van der Waals surface area contributed by atoms with Gasteiger partial charge in [0.15, 0.2) is 5.78 Å². The van der Waals surface area contributed by atoms with Crippen molar-refractivity contribution in [2.24, 2.45) is 5.92 Å². The fourth-order valence-corrected chi connectivity index (χ4v) is 2.80. The number of ketones is 1. The van der Waals surface area contributed by atoms with E-state index in [1.54, 1.807) is 0 Å². The largest absolute Gasteiger partial charge is 0.338 e. The van der Waals surface area contributed by atoms with Crippen LogP contribution >= 0.6 is 0 Å². The number of halogens is 2. The van der Waals surface area contributed by atoms with Crippen molar-refractivity contribution in [3.05, 3.63) is 47.6 Å². The number of Topliss-reactive ketones (excluding diaryl/α,β-unsaturated/α-hetero) is 1. The summed E-state index contributed by atoms with van der Waals surface area (Å²) in [7, 11) is 0. The smallest absolute Gasteiger partial charge is 0.300 e. The van der Waals surface area contributed by atoms with Crippen LogP contribution in [0.1, 0.15) is 41.3 Å². The Hall–Kier alpha value is -2.15. The molecule has 0 amide bonds. The molecule has 23 heavy (non-hydrogen) atoms. The lowest BCUT2D eigenvalue weighted by Crippen LogP contribution is -2.36. The van der Waals surface area contributed by atoms with Crippen LogP contribution in [0.3, 0.4) is 0 Å². The highest BCUT2D eigenvalue weighted by atomic mass is 19.3. The Labute approximate surface area is 132 Å². The Morgan fingerprint density at radius 3 is 2.57 bits per heavy atom. The van der Waals surface area contributed by atoms with E-state index in [9.17, 15) is 13.6 Å². The summed E-state index contributed by atoms with van der Waals surface area (Å²) < 4.78 is 29.7. The van der Waals surface area contributed by atoms with Crippen molar-refractivity contribution in [1.29, 1.82) is 0 Å². The zero-order valence-electron chi connectivity index (χ0n) is 12.5. The van der Waals surface area contributed by atoms with Crippen LogP contribution in [0, 0.1) is 5.92 Å². The lowest BCUT2D eigenvalue weighted by Gasteiger charge is -2.30. The second-order valence-corrected chi connectivity index (χ2v) is 5.63. The van der Waals surface area contributed by atoms with Crippen LogP contribution in [0.2, 0.25) is 0 Å². The van der Waals surface area contributed by atoms with Gasteiger partial charge in [-0.05, 0) is 25.9 Å². The van der Waals surface area contributed by atoms with Gasteiger partial charge in [0.25, 0.3) is 0 Å². The van der Waals surface area contributed by atoms with Crippen molar-refractivity contribution in [2.45, 2.75) is 25.8 Å². The molecule has 7 heteroatoms. The number of nitrogens with zero attached hydrogens (tertiary/aromatic N) is 3. The molecular weight excluding hydrogens is 304 g/mol. The van der Waals surface area contributed by atoms with E-state index < -0.39 is 12.2 Å². The number of carbonyl (C=O) groups excluding carboxylic acids is 1. The molecule has 2 heterocycles. The molecule has 5 nitrogen and oxygen atoms in total. The molecule has 1 aliphatic heterocycles. The van der Waals surface area contributed by atoms with Gasteiger partial charge >= 0.3 is 6.43 Å². The summed E-state index contributed by atoms with van der Waals surface area (Å²) in [5, 5.41) is 3.25. The first-order valence-corrected chi connectivity index (χ1v) is 7.55. The molecule has 0 bridgehead atoms. The average Bonchev–Trinajstić information content (AvgIpc) is 3.04. The molecule has 1 fully saturated rings. The molecule has 0 unspecified atom stereocenters. The molecule has 3 rings (SSSR count). The zero-order chi connectivity index (χ0) is 16.2. The number of aromatic nitrogens is 2. The van der Waals surface area contributed by atoms with Gasteiger partial charge in [-0.1, -0.05) is 35.5 Å². The maximum Gasteiger partial charge on any atom is 0.300 e. The van der Waals surface area contributed by atoms with Crippen LogP contribution in [0.5, 0.6) is 0 Å². The summed E-state index contributed by atoms with van der Waals surface area (Å²) in [4.78, 5) is 18.1. The highest BCUT2D eigenvalue weighted by Gasteiger charge is 2.27. The predicted molar refractivity (Wildman–Crippen MR) is 78.0 cm³/mol. The molecule has 2 aromatic rings. The molecule has 0 radical (unpaired) electrons. The van der Waals surface area contributed by atoms with E-state index in [0.717, 1.165) is 18.4 Å². The van der Waals surface area contributed by atoms with Crippen LogP contribution in [-0.2, 0) is 6.54 Å². The first-order chi connectivity index (χ1) is 11.1. The molecule has 122 valence electrons. The van der Waals surface area contributed by atoms with Crippen molar-refractivity contribution in [2.75, 3.05) is 13.1 Å². The highest BCUT2D eigenvalue weighted by molar-refractivity contribution is 5.97. The maximum absolute atomic E-state index is 12.4. The molecule has 0 N–H and O–H groups in total. The molecule has 0 saturated carbocycles. The molecule has 1 aliphatic rings. The van der Waals surface area contributed by atoms with Crippen LogP contribution in [0.15, 0.2) is 34.9 Å². The van der Waals surface area contributed by atoms with Gasteiger partial charge in [0.2, 0.25) is 11.7 Å². The Bertz CT molecular complexity index is 652. The van der Waals surface area contributed by atoms with Crippen molar-refractivity contribution in [3.63, 3.8) is 0 Å². The number of hydrogen-bond donors (Lipinski definition) is 0. The number of alkyl halides is 2. The summed E-state index contributed by atoms with van der Waals surface area (Å²) in [5.41, 5.74) is 0.740. The summed E-state index contributed by atoms with van der Waals surface area (Å²) in [6.45, 7) is 1.75. The molecule has 1 aromatic carbocycles. The minimum Gasteiger partial charge on any atom is -0.338 e. The van der Waals surface area contributed by atoms with Gasteiger partial charge in [0.1, 0.15) is 0 Å². The highest BCUT2D eigenvalue weighted by Crippen LogP contribution is 2.23. The van der Waals surface area contributed by atoms with Crippen LogP contribution in [-0.4, -0.2) is 33.9 Å². The van der Waals surface area contributed by atoms with Gasteiger partial charge in [-0.15, -0.1) is 0 Å². The van der Waals surface area contributed by atoms with Gasteiger partial charge in [-0.2, -0.15) is 4.98 Å². The third-order valence-electron chi connectivity index (χ3n) is 4.05. The Balaban J connectivity index is 1.53. The third-order valence-corrected chi connectivity index (χ3v) is 4.05. The quantitative estimate of drug-likeness (QED) is 0.792. The first kappa shape index (κ1) is 15.7. The van der Waals surface area contributed by atoms with E-state index in [1.807, 2.05) is 35.2 Å². The summed E-state index contributed by atoms with van der Waals surface area (Å²) in [6.07, 6.45) is -1.24. The lowest BCUT2D eigenvalue weighted by atomic mass is 9.89. The van der Waals surface area contributed by atoms with E-state index in [2.05, 4.69) is 10.1 Å². The monoisotopic (exact) mass is 321 g/mol. The standard InChI is InChI=1S/C16H17F2N3O2/c17-15(18)16-19-13(23-20-16)10-21-8-6-12(7-9-21)14(22)11-4-2-1-3-5-11/h1-5,12,15H,6-10H2. The van der Waals surface area contributed by atoms with Crippen molar-refractivity contribution in [1.82, 2.24) is 15.0 Å². The SMILES string of the molecule is O=C(c1ccccc1)C1CCN(Cc2nc(C(F)F)no2)CC1. The Morgan fingerprint density at radius 2 is 1.96 bits per heavy atom. The van der Waals surface area contributed by atoms with Gasteiger partial charge in [0.05, 0.1) is 6.54 Å². The minimum atomic E-state index is -2.72. The fraction of sp³-hybridized carbons (Fsp3) is 0.438. The summed E-state index contributed by atoms with van der Waals surface area (Å²) >= 11 is 0.